The molecule has 0 aliphatic carbocycles. The van der Waals surface area contributed by atoms with Crippen LogP contribution in [0.3, 0.4) is 0 Å². The Bertz CT molecular complexity index is 774. The third kappa shape index (κ3) is 5.80. The number of nitrogens with one attached hydrogen (secondary N) is 2. The molecule has 0 unspecified atom stereocenters. The van der Waals surface area contributed by atoms with Crippen molar-refractivity contribution in [3.63, 3.8) is 0 Å². The van der Waals surface area contributed by atoms with Crippen LogP contribution in [0.5, 0.6) is 5.75 Å². The van der Waals surface area contributed by atoms with Crippen molar-refractivity contribution in [3.05, 3.63) is 59.7 Å². The minimum Gasteiger partial charge on any atom is -0.497 e. The fraction of sp³-hybridized carbons (Fsp3) is 0.222. The van der Waals surface area contributed by atoms with E-state index in [-0.39, 0.29) is 24.6 Å². The first-order chi connectivity index (χ1) is 12.3. The zero-order valence-corrected chi connectivity index (χ0v) is 13.9. The van der Waals surface area contributed by atoms with Crippen molar-refractivity contribution in [2.45, 2.75) is 19.1 Å². The summed E-state index contributed by atoms with van der Waals surface area (Å²) in [4.78, 5) is 22.9. The van der Waals surface area contributed by atoms with Gasteiger partial charge < -0.3 is 15.4 Å². The summed E-state index contributed by atoms with van der Waals surface area (Å²) in [5.41, 5.74) is 1.37. The van der Waals surface area contributed by atoms with Gasteiger partial charge in [-0.2, -0.15) is 13.2 Å². The quantitative estimate of drug-likeness (QED) is 0.826. The van der Waals surface area contributed by atoms with Gasteiger partial charge in [0.2, 0.25) is 5.91 Å². The smallest absolute Gasteiger partial charge is 0.471 e. The van der Waals surface area contributed by atoms with E-state index in [9.17, 15) is 22.8 Å². The lowest BCUT2D eigenvalue weighted by Crippen LogP contribution is -2.30. The number of rotatable bonds is 6. The minimum absolute atomic E-state index is 0.00854. The Hall–Kier alpha value is -3.03. The van der Waals surface area contributed by atoms with E-state index in [1.54, 1.807) is 42.8 Å². The van der Waals surface area contributed by atoms with Gasteiger partial charge in [-0.3, -0.25) is 9.59 Å². The summed E-state index contributed by atoms with van der Waals surface area (Å²) in [7, 11) is 1.55. The molecule has 0 aliphatic rings. The highest BCUT2D eigenvalue weighted by molar-refractivity contribution is 5.94. The summed E-state index contributed by atoms with van der Waals surface area (Å²) >= 11 is 0. The van der Waals surface area contributed by atoms with Crippen molar-refractivity contribution in [1.82, 2.24) is 5.32 Å². The van der Waals surface area contributed by atoms with Gasteiger partial charge in [0.1, 0.15) is 5.75 Å². The second-order valence-corrected chi connectivity index (χ2v) is 5.45. The highest BCUT2D eigenvalue weighted by Crippen LogP contribution is 2.19. The number of carbonyl (C=O) groups excluding carboxylic acids is 2. The number of benzene rings is 2. The van der Waals surface area contributed by atoms with Crippen LogP contribution in [0.15, 0.2) is 48.5 Å². The molecular weight excluding hydrogens is 349 g/mol. The molecule has 0 heterocycles. The van der Waals surface area contributed by atoms with E-state index in [4.69, 9.17) is 4.74 Å². The van der Waals surface area contributed by atoms with Gasteiger partial charge in [0.25, 0.3) is 0 Å². The van der Waals surface area contributed by atoms with Gasteiger partial charge in [-0.05, 0) is 35.4 Å². The summed E-state index contributed by atoms with van der Waals surface area (Å²) in [5.74, 6) is -1.59. The Kier molecular flexibility index (Phi) is 6.21. The highest BCUT2D eigenvalue weighted by atomic mass is 19.4. The number of anilines is 1. The molecule has 0 fully saturated rings. The van der Waals surface area contributed by atoms with E-state index >= 15 is 0 Å². The number of halogens is 3. The van der Waals surface area contributed by atoms with E-state index in [2.05, 4.69) is 5.32 Å². The van der Waals surface area contributed by atoms with Gasteiger partial charge >= 0.3 is 12.1 Å². The van der Waals surface area contributed by atoms with Gasteiger partial charge in [-0.25, -0.2) is 0 Å². The molecule has 2 rings (SSSR count). The molecule has 0 atom stereocenters. The molecule has 2 amide bonds. The summed E-state index contributed by atoms with van der Waals surface area (Å²) in [6.45, 7) is 0.130. The molecule has 0 radical (unpaired) electrons. The van der Waals surface area contributed by atoms with Crippen LogP contribution in [0.1, 0.15) is 11.1 Å². The lowest BCUT2D eigenvalue weighted by Gasteiger charge is -2.10. The van der Waals surface area contributed by atoms with Gasteiger partial charge in [-0.15, -0.1) is 0 Å². The van der Waals surface area contributed by atoms with Crippen LogP contribution in [-0.2, 0) is 22.6 Å². The van der Waals surface area contributed by atoms with Crippen molar-refractivity contribution >= 4 is 17.5 Å². The van der Waals surface area contributed by atoms with Gasteiger partial charge in [0.05, 0.1) is 13.5 Å². The molecule has 2 aromatic carbocycles. The summed E-state index contributed by atoms with van der Waals surface area (Å²) in [6, 6.07) is 12.9. The lowest BCUT2D eigenvalue weighted by atomic mass is 10.1. The molecule has 0 aromatic heterocycles. The minimum atomic E-state index is -4.96. The maximum Gasteiger partial charge on any atom is 0.471 e. The molecule has 0 aliphatic heterocycles. The second kappa shape index (κ2) is 8.37. The Morgan fingerprint density at radius 3 is 2.35 bits per heavy atom. The highest BCUT2D eigenvalue weighted by Gasteiger charge is 2.38. The Labute approximate surface area is 148 Å². The van der Waals surface area contributed by atoms with Crippen LogP contribution in [0.4, 0.5) is 18.9 Å². The Balaban J connectivity index is 1.89. The predicted molar refractivity (Wildman–Crippen MR) is 89.7 cm³/mol. The summed E-state index contributed by atoms with van der Waals surface area (Å²) in [5, 5.41) is 4.45. The van der Waals surface area contributed by atoms with E-state index in [1.165, 1.54) is 18.2 Å². The normalized spacial score (nSPS) is 10.9. The number of methoxy groups -OCH3 is 1. The van der Waals surface area contributed by atoms with Crippen LogP contribution in [-0.4, -0.2) is 25.1 Å². The first kappa shape index (κ1) is 19.3. The molecule has 0 spiro atoms. The van der Waals surface area contributed by atoms with Gasteiger partial charge in [-0.1, -0.05) is 24.3 Å². The maximum absolute atomic E-state index is 12.3. The molecule has 8 heteroatoms. The summed E-state index contributed by atoms with van der Waals surface area (Å²) in [6.07, 6.45) is -4.79. The molecule has 0 saturated carbocycles. The van der Waals surface area contributed by atoms with E-state index in [1.807, 2.05) is 0 Å². The molecule has 5 nitrogen and oxygen atoms in total. The van der Waals surface area contributed by atoms with Crippen LogP contribution in [0, 0.1) is 0 Å². The largest absolute Gasteiger partial charge is 0.497 e. The van der Waals surface area contributed by atoms with E-state index in [0.717, 1.165) is 5.56 Å². The summed E-state index contributed by atoms with van der Waals surface area (Å²) < 4.78 is 41.8. The number of hydrogen-bond donors (Lipinski definition) is 2. The van der Waals surface area contributed by atoms with Crippen molar-refractivity contribution < 1.29 is 27.5 Å². The fourth-order valence-electron chi connectivity index (χ4n) is 2.15. The molecular formula is C18H17F3N2O3. The average Bonchev–Trinajstić information content (AvgIpc) is 2.60. The molecule has 138 valence electrons. The van der Waals surface area contributed by atoms with E-state index in [0.29, 0.717) is 11.3 Å². The topological polar surface area (TPSA) is 67.4 Å². The van der Waals surface area contributed by atoms with Crippen molar-refractivity contribution in [2.24, 2.45) is 0 Å². The van der Waals surface area contributed by atoms with Crippen molar-refractivity contribution in [1.29, 1.82) is 0 Å². The number of amides is 2. The van der Waals surface area contributed by atoms with Crippen LogP contribution < -0.4 is 15.4 Å². The first-order valence-electron chi connectivity index (χ1n) is 7.64. The predicted octanol–water partition coefficient (Wildman–Crippen LogP) is 3.05. The number of carbonyl (C=O) groups is 2. The van der Waals surface area contributed by atoms with Crippen molar-refractivity contribution in [3.8, 4) is 5.75 Å². The Morgan fingerprint density at radius 2 is 1.73 bits per heavy atom. The zero-order chi connectivity index (χ0) is 19.2. The van der Waals surface area contributed by atoms with Crippen LogP contribution in [0.25, 0.3) is 0 Å². The third-order valence-electron chi connectivity index (χ3n) is 3.46. The zero-order valence-electron chi connectivity index (χ0n) is 13.9. The number of alkyl halides is 3. The van der Waals surface area contributed by atoms with Gasteiger partial charge in [0, 0.05) is 12.2 Å². The maximum atomic E-state index is 12.3. The monoisotopic (exact) mass is 366 g/mol. The second-order valence-electron chi connectivity index (χ2n) is 5.45. The van der Waals surface area contributed by atoms with E-state index < -0.39 is 12.1 Å². The molecule has 2 aromatic rings. The average molecular weight is 366 g/mol. The standard InChI is InChI=1S/C18H17F3N2O3/c1-26-15-7-5-12(6-8-15)10-16(24)22-11-13-3-2-4-14(9-13)23-17(25)18(19,20)21/h2-9H,10-11H2,1H3,(H,22,24)(H,23,25). The molecule has 26 heavy (non-hydrogen) atoms. The number of hydrogen-bond acceptors (Lipinski definition) is 3. The number of ether oxygens (including phenoxy) is 1. The molecule has 2 N–H and O–H groups in total. The van der Waals surface area contributed by atoms with Crippen LogP contribution >= 0.6 is 0 Å². The first-order valence-corrected chi connectivity index (χ1v) is 7.64. The fourth-order valence-corrected chi connectivity index (χ4v) is 2.15. The SMILES string of the molecule is COc1ccc(CC(=O)NCc2cccc(NC(=O)C(F)(F)F)c2)cc1. The van der Waals surface area contributed by atoms with Crippen molar-refractivity contribution in [2.75, 3.05) is 12.4 Å². The lowest BCUT2D eigenvalue weighted by molar-refractivity contribution is -0.167. The van der Waals surface area contributed by atoms with Crippen LogP contribution in [0.2, 0.25) is 0 Å². The molecule has 0 saturated heterocycles. The molecule has 0 bridgehead atoms. The third-order valence-corrected chi connectivity index (χ3v) is 3.46. The Morgan fingerprint density at radius 1 is 1.04 bits per heavy atom. The van der Waals surface area contributed by atoms with Gasteiger partial charge in [0.15, 0.2) is 0 Å².